The average Bonchev–Trinajstić information content (AvgIpc) is 2.86. The first kappa shape index (κ1) is 19.7. The summed E-state index contributed by atoms with van der Waals surface area (Å²) in [7, 11) is 0. The molecule has 0 spiro atoms. The lowest BCUT2D eigenvalue weighted by Crippen LogP contribution is -1.92. The van der Waals surface area contributed by atoms with E-state index in [2.05, 4.69) is 48.5 Å². The molecule has 1 N–H and O–H groups in total. The molecule has 0 aliphatic carbocycles. The molecule has 3 aromatic carbocycles. The zero-order valence-corrected chi connectivity index (χ0v) is 17.5. The fraction of sp³-hybridized carbons (Fsp3) is 0.0345. The number of para-hydroxylation sites is 1. The van der Waals surface area contributed by atoms with Gasteiger partial charge in [0.25, 0.3) is 0 Å². The minimum absolute atomic E-state index is 0.227. The van der Waals surface area contributed by atoms with Crippen molar-refractivity contribution in [1.29, 1.82) is 0 Å². The number of hydrogen-bond acceptors (Lipinski definition) is 3. The Balaban J connectivity index is 1.42. The molecule has 0 radical (unpaired) electrons. The van der Waals surface area contributed by atoms with Gasteiger partial charge in [-0.15, -0.1) is 0 Å². The van der Waals surface area contributed by atoms with E-state index < -0.39 is 0 Å². The highest BCUT2D eigenvalue weighted by Gasteiger charge is 2.08. The van der Waals surface area contributed by atoms with Gasteiger partial charge in [-0.25, -0.2) is 4.98 Å². The van der Waals surface area contributed by atoms with E-state index in [-0.39, 0.29) is 5.75 Å². The van der Waals surface area contributed by atoms with Crippen LogP contribution in [0.3, 0.4) is 0 Å². The number of nitrogens with zero attached hydrogens (tertiary/aromatic N) is 2. The van der Waals surface area contributed by atoms with Crippen molar-refractivity contribution >= 4 is 0 Å². The van der Waals surface area contributed by atoms with E-state index in [9.17, 15) is 5.11 Å². The van der Waals surface area contributed by atoms with Gasteiger partial charge in [-0.3, -0.25) is 4.98 Å². The second kappa shape index (κ2) is 8.86. The second-order valence-corrected chi connectivity index (χ2v) is 7.72. The molecule has 0 unspecified atom stereocenters. The topological polar surface area (TPSA) is 46.0 Å². The van der Waals surface area contributed by atoms with Crippen LogP contribution in [0.15, 0.2) is 115 Å². The fourth-order valence-corrected chi connectivity index (χ4v) is 3.80. The van der Waals surface area contributed by atoms with E-state index >= 15 is 0 Å². The monoisotopic (exact) mass is 414 g/mol. The van der Waals surface area contributed by atoms with Gasteiger partial charge in [0.15, 0.2) is 0 Å². The Morgan fingerprint density at radius 2 is 1.28 bits per heavy atom. The van der Waals surface area contributed by atoms with Crippen LogP contribution in [0.4, 0.5) is 0 Å². The summed E-state index contributed by atoms with van der Waals surface area (Å²) in [6, 6.07) is 36.0. The van der Waals surface area contributed by atoms with E-state index in [0.29, 0.717) is 0 Å². The highest BCUT2D eigenvalue weighted by molar-refractivity contribution is 5.73. The van der Waals surface area contributed by atoms with Crippen molar-refractivity contribution in [2.45, 2.75) is 6.42 Å². The van der Waals surface area contributed by atoms with Gasteiger partial charge in [0, 0.05) is 22.9 Å². The Kier molecular flexibility index (Phi) is 5.46. The van der Waals surface area contributed by atoms with Gasteiger partial charge >= 0.3 is 0 Å². The van der Waals surface area contributed by atoms with E-state index in [1.165, 1.54) is 11.1 Å². The molecule has 0 aliphatic rings. The Morgan fingerprint density at radius 3 is 2.06 bits per heavy atom. The van der Waals surface area contributed by atoms with Crippen LogP contribution in [0, 0.1) is 0 Å². The predicted molar refractivity (Wildman–Crippen MR) is 129 cm³/mol. The van der Waals surface area contributed by atoms with Crippen molar-refractivity contribution in [3.63, 3.8) is 0 Å². The molecule has 0 saturated heterocycles. The number of hydrogen-bond donors (Lipinski definition) is 1. The maximum absolute atomic E-state index is 10.2. The quantitative estimate of drug-likeness (QED) is 0.345. The molecule has 0 atom stereocenters. The second-order valence-electron chi connectivity index (χ2n) is 7.72. The summed E-state index contributed by atoms with van der Waals surface area (Å²) < 4.78 is 0. The van der Waals surface area contributed by atoms with Crippen molar-refractivity contribution in [2.75, 3.05) is 0 Å². The van der Waals surface area contributed by atoms with Crippen LogP contribution in [0.5, 0.6) is 5.75 Å². The number of phenolic OH excluding ortho intramolecular Hbond substituents is 1. The largest absolute Gasteiger partial charge is 0.507 e. The molecule has 5 rings (SSSR count). The van der Waals surface area contributed by atoms with E-state index in [0.717, 1.165) is 40.2 Å². The van der Waals surface area contributed by atoms with E-state index in [4.69, 9.17) is 9.97 Å². The molecule has 0 amide bonds. The first-order valence-electron chi connectivity index (χ1n) is 10.6. The summed E-state index contributed by atoms with van der Waals surface area (Å²) >= 11 is 0. The zero-order chi connectivity index (χ0) is 21.8. The molecule has 0 fully saturated rings. The fourth-order valence-electron chi connectivity index (χ4n) is 3.80. The third kappa shape index (κ3) is 4.28. The molecular weight excluding hydrogens is 392 g/mol. The third-order valence-corrected chi connectivity index (χ3v) is 5.46. The SMILES string of the molecule is Oc1ccccc1-c1cccc(-c2cccc(-c3ccc(Cc4ccccc4)cn3)c2)n1. The standard InChI is InChI=1S/C29H22N2O/c32-29-15-5-4-12-25(29)28-14-7-13-27(31-28)24-11-6-10-23(19-24)26-17-16-22(20-30-26)18-21-8-2-1-3-9-21/h1-17,19-20,32H,18H2. The normalized spacial score (nSPS) is 10.8. The maximum atomic E-state index is 10.2. The predicted octanol–water partition coefficient (Wildman–Crippen LogP) is 6.77. The highest BCUT2D eigenvalue weighted by atomic mass is 16.3. The number of benzene rings is 3. The summed E-state index contributed by atoms with van der Waals surface area (Å²) in [4.78, 5) is 9.49. The first-order chi connectivity index (χ1) is 15.8. The Labute approximate surface area is 187 Å². The number of pyridine rings is 2. The van der Waals surface area contributed by atoms with Crippen LogP contribution >= 0.6 is 0 Å². The maximum Gasteiger partial charge on any atom is 0.124 e. The van der Waals surface area contributed by atoms with Gasteiger partial charge in [0.05, 0.1) is 17.1 Å². The first-order valence-corrected chi connectivity index (χ1v) is 10.6. The smallest absolute Gasteiger partial charge is 0.124 e. The number of aromatic hydroxyl groups is 1. The van der Waals surface area contributed by atoms with Gasteiger partial charge in [-0.2, -0.15) is 0 Å². The molecule has 32 heavy (non-hydrogen) atoms. The molecular formula is C29H22N2O. The molecule has 0 saturated carbocycles. The highest BCUT2D eigenvalue weighted by Crippen LogP contribution is 2.30. The summed E-state index contributed by atoms with van der Waals surface area (Å²) in [5, 5.41) is 10.2. The third-order valence-electron chi connectivity index (χ3n) is 5.46. The van der Waals surface area contributed by atoms with Crippen LogP contribution in [-0.4, -0.2) is 15.1 Å². The van der Waals surface area contributed by atoms with Crippen LogP contribution in [0.2, 0.25) is 0 Å². The molecule has 0 aliphatic heterocycles. The number of phenols is 1. The minimum atomic E-state index is 0.227. The molecule has 2 aromatic heterocycles. The number of aromatic nitrogens is 2. The lowest BCUT2D eigenvalue weighted by Gasteiger charge is -2.09. The molecule has 3 heteroatoms. The van der Waals surface area contributed by atoms with Crippen LogP contribution < -0.4 is 0 Å². The molecule has 0 bridgehead atoms. The minimum Gasteiger partial charge on any atom is -0.507 e. The lowest BCUT2D eigenvalue weighted by molar-refractivity contribution is 0.477. The van der Waals surface area contributed by atoms with Crippen molar-refractivity contribution in [3.8, 4) is 39.5 Å². The van der Waals surface area contributed by atoms with Gasteiger partial charge in [0.2, 0.25) is 0 Å². The van der Waals surface area contributed by atoms with Crippen molar-refractivity contribution in [1.82, 2.24) is 9.97 Å². The molecule has 3 nitrogen and oxygen atoms in total. The van der Waals surface area contributed by atoms with Gasteiger partial charge in [-0.05, 0) is 53.9 Å². The number of rotatable bonds is 5. The van der Waals surface area contributed by atoms with Gasteiger partial charge in [-0.1, -0.05) is 72.8 Å². The van der Waals surface area contributed by atoms with Crippen LogP contribution in [0.1, 0.15) is 11.1 Å². The Morgan fingerprint density at radius 1 is 0.562 bits per heavy atom. The van der Waals surface area contributed by atoms with Crippen molar-refractivity contribution < 1.29 is 5.11 Å². The van der Waals surface area contributed by atoms with Crippen LogP contribution in [-0.2, 0) is 6.42 Å². The average molecular weight is 415 g/mol. The van der Waals surface area contributed by atoms with Gasteiger partial charge < -0.3 is 5.11 Å². The summed E-state index contributed by atoms with van der Waals surface area (Å²) in [6.07, 6.45) is 2.82. The zero-order valence-electron chi connectivity index (χ0n) is 17.5. The van der Waals surface area contributed by atoms with Crippen LogP contribution in [0.25, 0.3) is 33.8 Å². The van der Waals surface area contributed by atoms with E-state index in [1.54, 1.807) is 6.07 Å². The molecule has 5 aromatic rings. The van der Waals surface area contributed by atoms with Gasteiger partial charge in [0.1, 0.15) is 5.75 Å². The van der Waals surface area contributed by atoms with Crippen molar-refractivity contribution in [2.24, 2.45) is 0 Å². The summed E-state index contributed by atoms with van der Waals surface area (Å²) in [6.45, 7) is 0. The Bertz CT molecular complexity index is 1350. The lowest BCUT2D eigenvalue weighted by atomic mass is 10.0. The summed E-state index contributed by atoms with van der Waals surface area (Å²) in [5.41, 5.74) is 7.77. The summed E-state index contributed by atoms with van der Waals surface area (Å²) in [5.74, 6) is 0.227. The molecule has 2 heterocycles. The van der Waals surface area contributed by atoms with Crippen molar-refractivity contribution in [3.05, 3.63) is 127 Å². The Hall–Kier alpha value is -4.24. The van der Waals surface area contributed by atoms with E-state index in [1.807, 2.05) is 60.8 Å². The molecule has 154 valence electrons.